The van der Waals surface area contributed by atoms with E-state index in [1.165, 1.54) is 23.2 Å². The largest absolute Gasteiger partial charge is 0.391 e. The number of nitrogens with two attached hydrogens (primary N) is 1. The van der Waals surface area contributed by atoms with Crippen LogP contribution in [0.2, 0.25) is 5.15 Å². The van der Waals surface area contributed by atoms with Crippen molar-refractivity contribution >= 4 is 23.4 Å². The van der Waals surface area contributed by atoms with Gasteiger partial charge in [0.05, 0.1) is 11.7 Å². The van der Waals surface area contributed by atoms with E-state index < -0.39 is 18.1 Å². The minimum absolute atomic E-state index is 0.0923. The maximum absolute atomic E-state index is 12.1. The van der Waals surface area contributed by atoms with Crippen LogP contribution in [0, 0.1) is 0 Å². The molecule has 1 aromatic rings. The van der Waals surface area contributed by atoms with Crippen molar-refractivity contribution in [3.8, 4) is 0 Å². The van der Waals surface area contributed by atoms with Crippen molar-refractivity contribution in [2.24, 2.45) is 5.73 Å². The summed E-state index contributed by atoms with van der Waals surface area (Å²) in [7, 11) is 0. The van der Waals surface area contributed by atoms with Gasteiger partial charge in [-0.1, -0.05) is 11.6 Å². The number of amides is 2. The van der Waals surface area contributed by atoms with Gasteiger partial charge in [-0.05, 0) is 12.1 Å². The average molecular weight is 270 g/mol. The van der Waals surface area contributed by atoms with Crippen LogP contribution in [0.4, 0.5) is 0 Å². The highest BCUT2D eigenvalue weighted by molar-refractivity contribution is 6.29. The highest BCUT2D eigenvalue weighted by Gasteiger charge is 2.38. The molecule has 7 heteroatoms. The van der Waals surface area contributed by atoms with E-state index in [9.17, 15) is 14.7 Å². The Labute approximate surface area is 108 Å². The van der Waals surface area contributed by atoms with Crippen molar-refractivity contribution in [1.29, 1.82) is 0 Å². The summed E-state index contributed by atoms with van der Waals surface area (Å²) >= 11 is 5.63. The summed E-state index contributed by atoms with van der Waals surface area (Å²) in [6.07, 6.45) is 0.766. The number of carbonyl (C=O) groups is 2. The first-order chi connectivity index (χ1) is 8.49. The second-order valence-electron chi connectivity index (χ2n) is 4.13. The average Bonchev–Trinajstić information content (AvgIpc) is 2.71. The third kappa shape index (κ3) is 2.44. The standard InChI is InChI=1S/C11H12ClN3O3/c12-9-2-1-6(4-14-9)11(18)15-5-7(16)3-8(15)10(13)17/h1-2,4,7-8,16H,3,5H2,(H2,13,17). The van der Waals surface area contributed by atoms with Gasteiger partial charge in [-0.2, -0.15) is 0 Å². The predicted octanol–water partition coefficient (Wildman–Crippen LogP) is -0.204. The predicted molar refractivity (Wildman–Crippen MR) is 63.9 cm³/mol. The van der Waals surface area contributed by atoms with E-state index in [4.69, 9.17) is 17.3 Å². The summed E-state index contributed by atoms with van der Waals surface area (Å²) < 4.78 is 0. The van der Waals surface area contributed by atoms with Gasteiger partial charge < -0.3 is 15.7 Å². The minimum Gasteiger partial charge on any atom is -0.391 e. The topological polar surface area (TPSA) is 96.5 Å². The highest BCUT2D eigenvalue weighted by atomic mass is 35.5. The Kier molecular flexibility index (Phi) is 3.49. The molecule has 0 spiro atoms. The minimum atomic E-state index is -0.775. The van der Waals surface area contributed by atoms with Crippen LogP contribution in [0.15, 0.2) is 18.3 Å². The Bertz CT molecular complexity index is 477. The maximum Gasteiger partial charge on any atom is 0.256 e. The zero-order valence-corrected chi connectivity index (χ0v) is 10.2. The molecule has 1 aromatic heterocycles. The summed E-state index contributed by atoms with van der Waals surface area (Å²) in [6.45, 7) is 0.0923. The van der Waals surface area contributed by atoms with Crippen LogP contribution in [0.5, 0.6) is 0 Å². The Morgan fingerprint density at radius 2 is 2.22 bits per heavy atom. The van der Waals surface area contributed by atoms with Gasteiger partial charge in [-0.25, -0.2) is 4.98 Å². The lowest BCUT2D eigenvalue weighted by Crippen LogP contribution is -2.43. The molecule has 2 atom stereocenters. The Balaban J connectivity index is 2.22. The molecule has 0 bridgehead atoms. The number of primary amides is 1. The molecule has 2 rings (SSSR count). The van der Waals surface area contributed by atoms with Gasteiger partial charge in [0.25, 0.3) is 5.91 Å². The van der Waals surface area contributed by atoms with Gasteiger partial charge in [-0.15, -0.1) is 0 Å². The fraction of sp³-hybridized carbons (Fsp3) is 0.364. The first-order valence-corrected chi connectivity index (χ1v) is 5.76. The van der Waals surface area contributed by atoms with Crippen molar-refractivity contribution < 1.29 is 14.7 Å². The van der Waals surface area contributed by atoms with Gasteiger partial charge in [0, 0.05) is 19.2 Å². The smallest absolute Gasteiger partial charge is 0.256 e. The molecule has 2 amide bonds. The Hall–Kier alpha value is -1.66. The lowest BCUT2D eigenvalue weighted by molar-refractivity contribution is -0.121. The number of β-amino-alcohol motifs (C(OH)–C–C–N with tert-alkyl or cyclic N) is 1. The Morgan fingerprint density at radius 3 is 2.78 bits per heavy atom. The molecule has 3 N–H and O–H groups in total. The van der Waals surface area contributed by atoms with Crippen molar-refractivity contribution in [1.82, 2.24) is 9.88 Å². The van der Waals surface area contributed by atoms with E-state index in [0.29, 0.717) is 5.56 Å². The number of aromatic nitrogens is 1. The van der Waals surface area contributed by atoms with Crippen molar-refractivity contribution in [3.05, 3.63) is 29.0 Å². The van der Waals surface area contributed by atoms with E-state index in [1.54, 1.807) is 0 Å². The molecule has 1 aliphatic rings. The Morgan fingerprint density at radius 1 is 1.50 bits per heavy atom. The second-order valence-corrected chi connectivity index (χ2v) is 4.52. The van der Waals surface area contributed by atoms with Crippen molar-refractivity contribution in [2.45, 2.75) is 18.6 Å². The molecule has 1 aliphatic heterocycles. The highest BCUT2D eigenvalue weighted by Crippen LogP contribution is 2.20. The van der Waals surface area contributed by atoms with Gasteiger partial charge in [0.15, 0.2) is 0 Å². The number of carbonyl (C=O) groups excluding carboxylic acids is 2. The van der Waals surface area contributed by atoms with E-state index in [-0.39, 0.29) is 24.0 Å². The van der Waals surface area contributed by atoms with E-state index in [1.807, 2.05) is 0 Å². The molecule has 2 heterocycles. The molecule has 0 aromatic carbocycles. The number of pyridine rings is 1. The zero-order chi connectivity index (χ0) is 13.3. The van der Waals surface area contributed by atoms with E-state index in [2.05, 4.69) is 4.98 Å². The first-order valence-electron chi connectivity index (χ1n) is 5.39. The number of hydrogen-bond donors (Lipinski definition) is 2. The third-order valence-corrected chi connectivity index (χ3v) is 3.07. The molecule has 0 radical (unpaired) electrons. The second kappa shape index (κ2) is 4.91. The third-order valence-electron chi connectivity index (χ3n) is 2.84. The maximum atomic E-state index is 12.1. The first kappa shape index (κ1) is 12.8. The fourth-order valence-corrected chi connectivity index (χ4v) is 2.09. The molecule has 0 aliphatic carbocycles. The molecule has 18 heavy (non-hydrogen) atoms. The number of aliphatic hydroxyl groups is 1. The van der Waals surface area contributed by atoms with Crippen LogP contribution in [0.1, 0.15) is 16.8 Å². The van der Waals surface area contributed by atoms with Gasteiger partial charge >= 0.3 is 0 Å². The number of rotatable bonds is 2. The lowest BCUT2D eigenvalue weighted by Gasteiger charge is -2.21. The van der Waals surface area contributed by atoms with Crippen LogP contribution in [0.3, 0.4) is 0 Å². The summed E-state index contributed by atoms with van der Waals surface area (Å²) in [5.74, 6) is -1.01. The molecular formula is C11H12ClN3O3. The fourth-order valence-electron chi connectivity index (χ4n) is 1.98. The van der Waals surface area contributed by atoms with Crippen LogP contribution in [-0.4, -0.2) is 45.5 Å². The van der Waals surface area contributed by atoms with Gasteiger partial charge in [0.2, 0.25) is 5.91 Å². The number of nitrogens with zero attached hydrogens (tertiary/aromatic N) is 2. The lowest BCUT2D eigenvalue weighted by atomic mass is 10.2. The summed E-state index contributed by atoms with van der Waals surface area (Å²) in [5.41, 5.74) is 5.51. The molecule has 1 fully saturated rings. The van der Waals surface area contributed by atoms with Crippen LogP contribution in [0.25, 0.3) is 0 Å². The normalized spacial score (nSPS) is 23.1. The monoisotopic (exact) mass is 269 g/mol. The van der Waals surface area contributed by atoms with Gasteiger partial charge in [-0.3, -0.25) is 9.59 Å². The molecule has 6 nitrogen and oxygen atoms in total. The molecule has 0 saturated carbocycles. The van der Waals surface area contributed by atoms with Crippen LogP contribution < -0.4 is 5.73 Å². The molecule has 2 unspecified atom stereocenters. The summed E-state index contributed by atoms with van der Waals surface area (Å²) in [5, 5.41) is 9.80. The van der Waals surface area contributed by atoms with Crippen molar-refractivity contribution in [2.75, 3.05) is 6.54 Å². The van der Waals surface area contributed by atoms with Crippen LogP contribution >= 0.6 is 11.6 Å². The number of likely N-dealkylation sites (tertiary alicyclic amines) is 1. The van der Waals surface area contributed by atoms with Gasteiger partial charge in [0.1, 0.15) is 11.2 Å². The van der Waals surface area contributed by atoms with E-state index in [0.717, 1.165) is 0 Å². The molecule has 96 valence electrons. The van der Waals surface area contributed by atoms with Crippen molar-refractivity contribution in [3.63, 3.8) is 0 Å². The van der Waals surface area contributed by atoms with Crippen LogP contribution in [-0.2, 0) is 4.79 Å². The quantitative estimate of drug-likeness (QED) is 0.727. The molecular weight excluding hydrogens is 258 g/mol. The summed E-state index contributed by atoms with van der Waals surface area (Å²) in [6, 6.07) is 2.23. The number of halogens is 1. The summed E-state index contributed by atoms with van der Waals surface area (Å²) in [4.78, 5) is 28.4. The SMILES string of the molecule is NC(=O)C1CC(O)CN1C(=O)c1ccc(Cl)nc1. The molecule has 1 saturated heterocycles. The zero-order valence-electron chi connectivity index (χ0n) is 9.41. The number of aliphatic hydroxyl groups excluding tert-OH is 1. The van der Waals surface area contributed by atoms with E-state index >= 15 is 0 Å². The number of hydrogen-bond acceptors (Lipinski definition) is 4.